The maximum Gasteiger partial charge on any atom is 0.328 e. The predicted molar refractivity (Wildman–Crippen MR) is 79.2 cm³/mol. The molecular weight excluding hydrogens is 338 g/mol. The third kappa shape index (κ3) is 4.53. The number of hydrogen-bond donors (Lipinski definition) is 1. The van der Waals surface area contributed by atoms with Gasteiger partial charge in [-0.3, -0.25) is 5.32 Å². The molecule has 0 spiro atoms. The van der Waals surface area contributed by atoms with E-state index in [1.165, 1.54) is 11.3 Å². The summed E-state index contributed by atoms with van der Waals surface area (Å²) in [7, 11) is 0. The van der Waals surface area contributed by atoms with E-state index in [1.54, 1.807) is 6.92 Å². The zero-order chi connectivity index (χ0) is 13.7. The Morgan fingerprint density at radius 2 is 2.28 bits per heavy atom. The van der Waals surface area contributed by atoms with Crippen molar-refractivity contribution in [2.75, 3.05) is 13.2 Å². The lowest BCUT2D eigenvalue weighted by atomic mass is 10.2. The highest BCUT2D eigenvalue weighted by atomic mass is 79.9. The highest BCUT2D eigenvalue weighted by molar-refractivity contribution is 9.10. The molecule has 0 radical (unpaired) electrons. The van der Waals surface area contributed by atoms with E-state index < -0.39 is 6.04 Å². The van der Waals surface area contributed by atoms with Crippen molar-refractivity contribution in [2.45, 2.75) is 26.8 Å². The van der Waals surface area contributed by atoms with E-state index in [0.717, 1.165) is 15.9 Å². The molecule has 1 atom stereocenters. The van der Waals surface area contributed by atoms with Crippen LogP contribution < -0.4 is 5.32 Å². The summed E-state index contributed by atoms with van der Waals surface area (Å²) in [5, 5.41) is 3.22. The van der Waals surface area contributed by atoms with Crippen LogP contribution in [0.3, 0.4) is 0 Å². The number of carbonyl (C=O) groups excluding carboxylic acids is 1. The lowest BCUT2D eigenvalue weighted by Gasteiger charge is -2.17. The van der Waals surface area contributed by atoms with Gasteiger partial charge in [-0.05, 0) is 41.4 Å². The molecule has 0 amide bonds. The van der Waals surface area contributed by atoms with Crippen molar-refractivity contribution in [2.24, 2.45) is 5.92 Å². The van der Waals surface area contributed by atoms with Gasteiger partial charge in [-0.1, -0.05) is 25.4 Å². The summed E-state index contributed by atoms with van der Waals surface area (Å²) < 4.78 is 6.54. The molecule has 0 bridgehead atoms. The van der Waals surface area contributed by atoms with E-state index in [0.29, 0.717) is 16.9 Å². The van der Waals surface area contributed by atoms with Gasteiger partial charge in [0.25, 0.3) is 0 Å². The molecule has 1 heterocycles. The van der Waals surface area contributed by atoms with Crippen LogP contribution in [0.5, 0.6) is 0 Å². The lowest BCUT2D eigenvalue weighted by molar-refractivity contribution is -0.145. The van der Waals surface area contributed by atoms with Gasteiger partial charge in [0, 0.05) is 9.35 Å². The molecule has 6 heteroatoms. The van der Waals surface area contributed by atoms with Crippen LogP contribution in [0.15, 0.2) is 10.5 Å². The molecule has 18 heavy (non-hydrogen) atoms. The maximum atomic E-state index is 11.9. The predicted octanol–water partition coefficient (Wildman–Crippen LogP) is 4.01. The van der Waals surface area contributed by atoms with E-state index in [1.807, 2.05) is 6.07 Å². The Kier molecular flexibility index (Phi) is 6.63. The van der Waals surface area contributed by atoms with Gasteiger partial charge >= 0.3 is 5.97 Å². The molecule has 0 saturated heterocycles. The number of thiophene rings is 1. The van der Waals surface area contributed by atoms with Crippen LogP contribution in [0.25, 0.3) is 0 Å². The van der Waals surface area contributed by atoms with Crippen molar-refractivity contribution in [1.29, 1.82) is 0 Å². The fourth-order valence-electron chi connectivity index (χ4n) is 1.38. The van der Waals surface area contributed by atoms with Gasteiger partial charge in [0.2, 0.25) is 0 Å². The Bertz CT molecular complexity index is 389. The topological polar surface area (TPSA) is 38.3 Å². The minimum atomic E-state index is -0.443. The third-order valence-electron chi connectivity index (χ3n) is 2.20. The molecular formula is C12H17BrClNO2S. The van der Waals surface area contributed by atoms with Crippen LogP contribution in [0.4, 0.5) is 0 Å². The van der Waals surface area contributed by atoms with Crippen LogP contribution in [0, 0.1) is 5.92 Å². The Hall–Kier alpha value is -0.100. The Balaban J connectivity index is 2.85. The summed E-state index contributed by atoms with van der Waals surface area (Å²) >= 11 is 10.7. The van der Waals surface area contributed by atoms with Crippen molar-refractivity contribution < 1.29 is 9.53 Å². The zero-order valence-corrected chi connectivity index (χ0v) is 13.8. The number of carbonyl (C=O) groups is 1. The molecule has 102 valence electrons. The van der Waals surface area contributed by atoms with Crippen molar-refractivity contribution in [1.82, 2.24) is 5.32 Å². The fraction of sp³-hybridized carbons (Fsp3) is 0.583. The van der Waals surface area contributed by atoms with Crippen molar-refractivity contribution in [3.05, 3.63) is 19.8 Å². The summed E-state index contributed by atoms with van der Waals surface area (Å²) in [6.45, 7) is 7.10. The monoisotopic (exact) mass is 353 g/mol. The van der Waals surface area contributed by atoms with Gasteiger partial charge in [-0.25, -0.2) is 4.79 Å². The fourth-order valence-corrected chi connectivity index (χ4v) is 3.19. The number of ether oxygens (including phenoxy) is 1. The molecule has 3 nitrogen and oxygen atoms in total. The van der Waals surface area contributed by atoms with Crippen molar-refractivity contribution >= 4 is 44.8 Å². The van der Waals surface area contributed by atoms with E-state index >= 15 is 0 Å². The Morgan fingerprint density at radius 3 is 2.72 bits per heavy atom. The second-order valence-corrected chi connectivity index (χ2v) is 6.80. The summed E-state index contributed by atoms with van der Waals surface area (Å²) in [5.41, 5.74) is 0. The van der Waals surface area contributed by atoms with Crippen LogP contribution in [-0.2, 0) is 9.53 Å². The SMILES string of the molecule is CCOC(=O)C(NCC(C)C)c1cc(Br)c(Cl)s1. The number of nitrogens with one attached hydrogen (secondary N) is 1. The van der Waals surface area contributed by atoms with Gasteiger partial charge < -0.3 is 4.74 Å². The minimum absolute atomic E-state index is 0.261. The number of esters is 1. The van der Waals surface area contributed by atoms with Crippen LogP contribution >= 0.6 is 38.9 Å². The smallest absolute Gasteiger partial charge is 0.328 e. The second-order valence-electron chi connectivity index (χ2n) is 4.26. The summed E-state index contributed by atoms with van der Waals surface area (Å²) in [6, 6.07) is 1.42. The first-order chi connectivity index (χ1) is 8.45. The molecule has 0 aromatic carbocycles. The van der Waals surface area contributed by atoms with Gasteiger partial charge in [-0.15, -0.1) is 11.3 Å². The molecule has 0 aliphatic rings. The van der Waals surface area contributed by atoms with E-state index in [9.17, 15) is 4.79 Å². The Labute approximate surface area is 125 Å². The largest absolute Gasteiger partial charge is 0.465 e. The first kappa shape index (κ1) is 16.0. The van der Waals surface area contributed by atoms with E-state index in [2.05, 4.69) is 35.1 Å². The van der Waals surface area contributed by atoms with Gasteiger partial charge in [-0.2, -0.15) is 0 Å². The maximum absolute atomic E-state index is 11.9. The molecule has 0 aliphatic carbocycles. The highest BCUT2D eigenvalue weighted by Gasteiger charge is 2.24. The zero-order valence-electron chi connectivity index (χ0n) is 10.6. The summed E-state index contributed by atoms with van der Waals surface area (Å²) in [5.74, 6) is 0.198. The van der Waals surface area contributed by atoms with Crippen molar-refractivity contribution in [3.8, 4) is 0 Å². The third-order valence-corrected chi connectivity index (χ3v) is 4.74. The average Bonchev–Trinajstić information content (AvgIpc) is 2.59. The molecule has 1 unspecified atom stereocenters. The quantitative estimate of drug-likeness (QED) is 0.784. The van der Waals surface area contributed by atoms with Crippen LogP contribution in [0.1, 0.15) is 31.7 Å². The molecule has 1 rings (SSSR count). The average molecular weight is 355 g/mol. The number of hydrogen-bond acceptors (Lipinski definition) is 4. The second kappa shape index (κ2) is 7.48. The summed E-state index contributed by atoms with van der Waals surface area (Å²) in [6.07, 6.45) is 0. The molecule has 0 fully saturated rings. The summed E-state index contributed by atoms with van der Waals surface area (Å²) in [4.78, 5) is 12.8. The first-order valence-electron chi connectivity index (χ1n) is 5.80. The van der Waals surface area contributed by atoms with Crippen molar-refractivity contribution in [3.63, 3.8) is 0 Å². The normalized spacial score (nSPS) is 12.8. The minimum Gasteiger partial charge on any atom is -0.465 e. The molecule has 1 aromatic rings. The molecule has 0 saturated carbocycles. The van der Waals surface area contributed by atoms with E-state index in [-0.39, 0.29) is 5.97 Å². The highest BCUT2D eigenvalue weighted by Crippen LogP contribution is 2.35. The van der Waals surface area contributed by atoms with E-state index in [4.69, 9.17) is 16.3 Å². The van der Waals surface area contributed by atoms with Gasteiger partial charge in [0.05, 0.1) is 6.61 Å². The van der Waals surface area contributed by atoms with Crippen LogP contribution in [-0.4, -0.2) is 19.1 Å². The number of halogens is 2. The first-order valence-corrected chi connectivity index (χ1v) is 7.79. The lowest BCUT2D eigenvalue weighted by Crippen LogP contribution is -2.32. The van der Waals surface area contributed by atoms with Gasteiger partial charge in [0.15, 0.2) is 0 Å². The molecule has 1 aromatic heterocycles. The standard InChI is InChI=1S/C12H17BrClNO2S/c1-4-17-12(16)10(15-6-7(2)3)9-5-8(13)11(14)18-9/h5,7,10,15H,4,6H2,1-3H3. The van der Waals surface area contributed by atoms with Crippen LogP contribution in [0.2, 0.25) is 4.34 Å². The Morgan fingerprint density at radius 1 is 1.61 bits per heavy atom. The molecule has 1 N–H and O–H groups in total. The molecule has 0 aliphatic heterocycles. The van der Waals surface area contributed by atoms with Gasteiger partial charge in [0.1, 0.15) is 10.4 Å². The number of rotatable bonds is 6.